The summed E-state index contributed by atoms with van der Waals surface area (Å²) < 4.78 is 0. The van der Waals surface area contributed by atoms with E-state index in [1.54, 1.807) is 6.07 Å². The molecule has 0 atom stereocenters. The molecule has 4 nitrogen and oxygen atoms in total. The van der Waals surface area contributed by atoms with Gasteiger partial charge >= 0.3 is 0 Å². The topological polar surface area (TPSA) is 52.6 Å². The van der Waals surface area contributed by atoms with Gasteiger partial charge in [-0.2, -0.15) is 0 Å². The van der Waals surface area contributed by atoms with Crippen molar-refractivity contribution < 1.29 is 9.90 Å². The lowest BCUT2D eigenvalue weighted by Crippen LogP contribution is -2.46. The van der Waals surface area contributed by atoms with E-state index in [1.807, 2.05) is 24.0 Å². The number of carbonyl (C=O) groups excluding carboxylic acids is 1. The molecule has 0 saturated carbocycles. The van der Waals surface area contributed by atoms with Crippen molar-refractivity contribution in [2.24, 2.45) is 0 Å². The van der Waals surface area contributed by atoms with E-state index >= 15 is 0 Å². The molecule has 98 valence electrons. The maximum atomic E-state index is 12.0. The maximum absolute atomic E-state index is 12.0. The predicted octanol–water partition coefficient (Wildman–Crippen LogP) is 1.07. The van der Waals surface area contributed by atoms with Crippen LogP contribution in [0.15, 0.2) is 18.2 Å². The molecular weight excluding hydrogens is 228 g/mol. The fraction of sp³-hybridized carbons (Fsp3) is 0.500. The van der Waals surface area contributed by atoms with Crippen LogP contribution in [0, 0.1) is 6.92 Å². The first-order valence-corrected chi connectivity index (χ1v) is 6.44. The van der Waals surface area contributed by atoms with Crippen LogP contribution in [0.5, 0.6) is 5.75 Å². The molecule has 1 amide bonds. The highest BCUT2D eigenvalue weighted by Gasteiger charge is 2.16. The van der Waals surface area contributed by atoms with Crippen LogP contribution in [-0.4, -0.2) is 42.1 Å². The summed E-state index contributed by atoms with van der Waals surface area (Å²) in [5, 5.41) is 12.9. The molecule has 1 aromatic rings. The monoisotopic (exact) mass is 248 g/mol. The van der Waals surface area contributed by atoms with Gasteiger partial charge < -0.3 is 15.3 Å². The zero-order chi connectivity index (χ0) is 13.0. The van der Waals surface area contributed by atoms with Gasteiger partial charge in [0.1, 0.15) is 5.75 Å². The number of piperazine rings is 1. The van der Waals surface area contributed by atoms with Gasteiger partial charge in [-0.05, 0) is 25.0 Å². The highest BCUT2D eigenvalue weighted by Crippen LogP contribution is 2.20. The number of benzene rings is 1. The lowest BCUT2D eigenvalue weighted by molar-refractivity contribution is -0.131. The van der Waals surface area contributed by atoms with Crippen LogP contribution in [-0.2, 0) is 11.2 Å². The largest absolute Gasteiger partial charge is 0.508 e. The van der Waals surface area contributed by atoms with E-state index in [-0.39, 0.29) is 11.7 Å². The summed E-state index contributed by atoms with van der Waals surface area (Å²) in [6, 6.07) is 5.51. The first kappa shape index (κ1) is 12.9. The SMILES string of the molecule is Cc1ccc(O)c(CCC(=O)N2CCNCC2)c1. The summed E-state index contributed by atoms with van der Waals surface area (Å²) in [4.78, 5) is 13.9. The van der Waals surface area contributed by atoms with Gasteiger partial charge in [0, 0.05) is 32.6 Å². The summed E-state index contributed by atoms with van der Waals surface area (Å²) in [6.45, 7) is 5.32. The highest BCUT2D eigenvalue weighted by molar-refractivity contribution is 5.76. The molecule has 1 heterocycles. The number of amides is 1. The van der Waals surface area contributed by atoms with E-state index in [1.165, 1.54) is 0 Å². The molecule has 1 fully saturated rings. The number of aryl methyl sites for hydroxylation is 2. The number of aromatic hydroxyl groups is 1. The van der Waals surface area contributed by atoms with Crippen LogP contribution in [0.1, 0.15) is 17.5 Å². The summed E-state index contributed by atoms with van der Waals surface area (Å²) in [6.07, 6.45) is 1.08. The van der Waals surface area contributed by atoms with Crippen molar-refractivity contribution >= 4 is 5.91 Å². The molecule has 0 unspecified atom stereocenters. The molecule has 1 saturated heterocycles. The standard InChI is InChI=1S/C14H20N2O2/c1-11-2-4-13(17)12(10-11)3-5-14(18)16-8-6-15-7-9-16/h2,4,10,15,17H,3,5-9H2,1H3. The number of hydrogen-bond acceptors (Lipinski definition) is 3. The molecule has 0 bridgehead atoms. The third-order valence-corrected chi connectivity index (χ3v) is 3.31. The van der Waals surface area contributed by atoms with Gasteiger partial charge in [-0.25, -0.2) is 0 Å². The van der Waals surface area contributed by atoms with Crippen LogP contribution < -0.4 is 5.32 Å². The third kappa shape index (κ3) is 3.23. The van der Waals surface area contributed by atoms with Gasteiger partial charge in [-0.15, -0.1) is 0 Å². The number of nitrogens with one attached hydrogen (secondary N) is 1. The van der Waals surface area contributed by atoms with Crippen LogP contribution >= 0.6 is 0 Å². The van der Waals surface area contributed by atoms with Crippen molar-refractivity contribution in [1.29, 1.82) is 0 Å². The van der Waals surface area contributed by atoms with Crippen molar-refractivity contribution in [3.05, 3.63) is 29.3 Å². The van der Waals surface area contributed by atoms with Gasteiger partial charge in [-0.1, -0.05) is 17.7 Å². The molecule has 18 heavy (non-hydrogen) atoms. The van der Waals surface area contributed by atoms with Gasteiger partial charge in [0.15, 0.2) is 0 Å². The zero-order valence-corrected chi connectivity index (χ0v) is 10.8. The van der Waals surface area contributed by atoms with Crippen molar-refractivity contribution in [1.82, 2.24) is 10.2 Å². The van der Waals surface area contributed by atoms with E-state index in [2.05, 4.69) is 5.32 Å². The second kappa shape index (κ2) is 5.87. The molecule has 0 spiro atoms. The number of carbonyl (C=O) groups is 1. The maximum Gasteiger partial charge on any atom is 0.222 e. The van der Waals surface area contributed by atoms with Gasteiger partial charge in [-0.3, -0.25) is 4.79 Å². The smallest absolute Gasteiger partial charge is 0.222 e. The minimum Gasteiger partial charge on any atom is -0.508 e. The summed E-state index contributed by atoms with van der Waals surface area (Å²) in [5.41, 5.74) is 1.97. The number of phenols is 1. The predicted molar refractivity (Wildman–Crippen MR) is 70.6 cm³/mol. The Morgan fingerprint density at radius 2 is 2.11 bits per heavy atom. The quantitative estimate of drug-likeness (QED) is 0.841. The molecule has 0 aliphatic carbocycles. The van der Waals surface area contributed by atoms with Crippen molar-refractivity contribution in [3.8, 4) is 5.75 Å². The number of rotatable bonds is 3. The van der Waals surface area contributed by atoms with E-state index in [0.29, 0.717) is 12.8 Å². The second-order valence-corrected chi connectivity index (χ2v) is 4.76. The summed E-state index contributed by atoms with van der Waals surface area (Å²) >= 11 is 0. The lowest BCUT2D eigenvalue weighted by atomic mass is 10.1. The average molecular weight is 248 g/mol. The summed E-state index contributed by atoms with van der Waals surface area (Å²) in [7, 11) is 0. The van der Waals surface area contributed by atoms with E-state index in [0.717, 1.165) is 37.3 Å². The molecule has 1 aliphatic heterocycles. The Kier molecular flexibility index (Phi) is 4.20. The molecule has 1 aromatic carbocycles. The minimum atomic E-state index is 0.178. The van der Waals surface area contributed by atoms with Crippen LogP contribution in [0.2, 0.25) is 0 Å². The fourth-order valence-electron chi connectivity index (χ4n) is 2.23. The fourth-order valence-corrected chi connectivity index (χ4v) is 2.23. The number of hydrogen-bond donors (Lipinski definition) is 2. The molecule has 2 N–H and O–H groups in total. The normalized spacial score (nSPS) is 15.7. The Balaban J connectivity index is 1.90. The Morgan fingerprint density at radius 3 is 2.83 bits per heavy atom. The van der Waals surface area contributed by atoms with Gasteiger partial charge in [0.25, 0.3) is 0 Å². The van der Waals surface area contributed by atoms with Gasteiger partial charge in [0.2, 0.25) is 5.91 Å². The number of phenolic OH excluding ortho intramolecular Hbond substituents is 1. The molecule has 2 rings (SSSR count). The van der Waals surface area contributed by atoms with Crippen molar-refractivity contribution in [2.75, 3.05) is 26.2 Å². The first-order chi connectivity index (χ1) is 8.66. The first-order valence-electron chi connectivity index (χ1n) is 6.44. The van der Waals surface area contributed by atoms with Crippen molar-refractivity contribution in [3.63, 3.8) is 0 Å². The number of nitrogens with zero attached hydrogens (tertiary/aromatic N) is 1. The minimum absolute atomic E-state index is 0.178. The molecule has 0 aromatic heterocycles. The Labute approximate surface area is 108 Å². The van der Waals surface area contributed by atoms with E-state index < -0.39 is 0 Å². The van der Waals surface area contributed by atoms with Gasteiger partial charge in [0.05, 0.1) is 0 Å². The summed E-state index contributed by atoms with van der Waals surface area (Å²) in [5.74, 6) is 0.464. The van der Waals surface area contributed by atoms with E-state index in [4.69, 9.17) is 0 Å². The van der Waals surface area contributed by atoms with Crippen LogP contribution in [0.3, 0.4) is 0 Å². The van der Waals surface area contributed by atoms with Crippen LogP contribution in [0.25, 0.3) is 0 Å². The second-order valence-electron chi connectivity index (χ2n) is 4.76. The molecular formula is C14H20N2O2. The lowest BCUT2D eigenvalue weighted by Gasteiger charge is -2.27. The third-order valence-electron chi connectivity index (χ3n) is 3.31. The average Bonchev–Trinajstić information content (AvgIpc) is 2.40. The Bertz CT molecular complexity index is 426. The molecule has 4 heteroatoms. The van der Waals surface area contributed by atoms with Crippen molar-refractivity contribution in [2.45, 2.75) is 19.8 Å². The Morgan fingerprint density at radius 1 is 1.39 bits per heavy atom. The van der Waals surface area contributed by atoms with Crippen LogP contribution in [0.4, 0.5) is 0 Å². The molecule has 0 radical (unpaired) electrons. The molecule has 1 aliphatic rings. The Hall–Kier alpha value is -1.55. The zero-order valence-electron chi connectivity index (χ0n) is 10.8. The highest BCUT2D eigenvalue weighted by atomic mass is 16.3. The van der Waals surface area contributed by atoms with E-state index in [9.17, 15) is 9.90 Å².